The third-order valence-corrected chi connectivity index (χ3v) is 3.61. The van der Waals surface area contributed by atoms with Crippen LogP contribution in [0.4, 0.5) is 0 Å². The summed E-state index contributed by atoms with van der Waals surface area (Å²) in [6.45, 7) is 5.15. The lowest BCUT2D eigenvalue weighted by Gasteiger charge is -2.13. The zero-order valence-corrected chi connectivity index (χ0v) is 8.67. The van der Waals surface area contributed by atoms with Crippen LogP contribution >= 0.6 is 11.8 Å². The number of carbonyl (C=O) groups is 1. The summed E-state index contributed by atoms with van der Waals surface area (Å²) in [5.41, 5.74) is 0. The maximum Gasteiger partial charge on any atom is 0.186 e. The van der Waals surface area contributed by atoms with E-state index in [2.05, 4.69) is 6.92 Å². The minimum atomic E-state index is 0.142. The highest BCUT2D eigenvalue weighted by Gasteiger charge is 2.46. The molecule has 0 aromatic heterocycles. The maximum absolute atomic E-state index is 10.9. The molecule has 0 aliphatic carbocycles. The van der Waals surface area contributed by atoms with Crippen molar-refractivity contribution < 1.29 is 14.3 Å². The summed E-state index contributed by atoms with van der Waals surface area (Å²) >= 11 is 1.35. The molecule has 4 atom stereocenters. The van der Waals surface area contributed by atoms with E-state index in [1.165, 1.54) is 11.8 Å². The standard InChI is InChI=1S/C9H14O3S/c1-5-3-11-9-7(13-6(2)10)4-12-8(5)9/h5,7-9H,3-4H2,1-2H3. The molecule has 4 unspecified atom stereocenters. The van der Waals surface area contributed by atoms with Gasteiger partial charge in [0.25, 0.3) is 0 Å². The summed E-state index contributed by atoms with van der Waals surface area (Å²) in [4.78, 5) is 10.9. The van der Waals surface area contributed by atoms with Gasteiger partial charge in [0.1, 0.15) is 0 Å². The summed E-state index contributed by atoms with van der Waals surface area (Å²) in [6.07, 6.45) is 0.362. The van der Waals surface area contributed by atoms with Crippen LogP contribution in [0, 0.1) is 5.92 Å². The van der Waals surface area contributed by atoms with E-state index in [0.717, 1.165) is 6.61 Å². The maximum atomic E-state index is 10.9. The molecule has 2 fully saturated rings. The lowest BCUT2D eigenvalue weighted by molar-refractivity contribution is -0.109. The molecule has 4 heteroatoms. The molecule has 0 bridgehead atoms. The van der Waals surface area contributed by atoms with E-state index >= 15 is 0 Å². The Hall–Kier alpha value is -0.0600. The first-order valence-electron chi connectivity index (χ1n) is 4.59. The first kappa shape index (κ1) is 9.49. The van der Waals surface area contributed by atoms with Gasteiger partial charge in [-0.1, -0.05) is 18.7 Å². The summed E-state index contributed by atoms with van der Waals surface area (Å²) in [7, 11) is 0. The van der Waals surface area contributed by atoms with Crippen molar-refractivity contribution in [3.63, 3.8) is 0 Å². The largest absolute Gasteiger partial charge is 0.374 e. The van der Waals surface area contributed by atoms with Gasteiger partial charge in [0.15, 0.2) is 5.12 Å². The number of hydrogen-bond acceptors (Lipinski definition) is 4. The number of hydrogen-bond donors (Lipinski definition) is 0. The molecule has 2 saturated heterocycles. The summed E-state index contributed by atoms with van der Waals surface area (Å²) in [5.74, 6) is 0.475. The molecule has 2 heterocycles. The van der Waals surface area contributed by atoms with E-state index in [9.17, 15) is 4.79 Å². The molecule has 0 amide bonds. The summed E-state index contributed by atoms with van der Waals surface area (Å²) < 4.78 is 11.2. The highest BCUT2D eigenvalue weighted by Crippen LogP contribution is 2.36. The molecular formula is C9H14O3S. The van der Waals surface area contributed by atoms with E-state index < -0.39 is 0 Å². The predicted octanol–water partition coefficient (Wildman–Crippen LogP) is 1.07. The normalized spacial score (nSPS) is 43.5. The SMILES string of the molecule is CC(=O)SC1COC2C(C)COC12. The van der Waals surface area contributed by atoms with Crippen molar-refractivity contribution in [1.29, 1.82) is 0 Å². The first-order chi connectivity index (χ1) is 6.18. The fraction of sp³-hybridized carbons (Fsp3) is 0.889. The molecule has 13 heavy (non-hydrogen) atoms. The van der Waals surface area contributed by atoms with Gasteiger partial charge in [-0.3, -0.25) is 4.79 Å². The molecule has 2 aliphatic heterocycles. The molecule has 2 aliphatic rings. The fourth-order valence-corrected chi connectivity index (χ4v) is 2.91. The Balaban J connectivity index is 1.98. The molecule has 0 aromatic rings. The van der Waals surface area contributed by atoms with Crippen molar-refractivity contribution in [2.75, 3.05) is 13.2 Å². The summed E-state index contributed by atoms with van der Waals surface area (Å²) in [6, 6.07) is 0. The quantitative estimate of drug-likeness (QED) is 0.637. The summed E-state index contributed by atoms with van der Waals surface area (Å²) in [5, 5.41) is 0.366. The van der Waals surface area contributed by atoms with Crippen LogP contribution in [-0.4, -0.2) is 35.8 Å². The van der Waals surface area contributed by atoms with Gasteiger partial charge in [-0.15, -0.1) is 0 Å². The van der Waals surface area contributed by atoms with Crippen molar-refractivity contribution in [1.82, 2.24) is 0 Å². The minimum Gasteiger partial charge on any atom is -0.374 e. The van der Waals surface area contributed by atoms with E-state index in [1.807, 2.05) is 0 Å². The van der Waals surface area contributed by atoms with Gasteiger partial charge in [-0.05, 0) is 0 Å². The molecule has 0 spiro atoms. The second-order valence-corrected chi connectivity index (χ2v) is 5.14. The molecule has 0 N–H and O–H groups in total. The second kappa shape index (κ2) is 3.59. The second-order valence-electron chi connectivity index (χ2n) is 3.72. The Morgan fingerprint density at radius 3 is 2.69 bits per heavy atom. The molecule has 74 valence electrons. The Morgan fingerprint density at radius 2 is 2.00 bits per heavy atom. The van der Waals surface area contributed by atoms with Gasteiger partial charge >= 0.3 is 0 Å². The highest BCUT2D eigenvalue weighted by molar-refractivity contribution is 8.14. The van der Waals surface area contributed by atoms with Crippen LogP contribution in [-0.2, 0) is 14.3 Å². The molecule has 0 aromatic carbocycles. The molecule has 0 saturated carbocycles. The van der Waals surface area contributed by atoms with Crippen molar-refractivity contribution in [2.45, 2.75) is 31.3 Å². The molecular weight excluding hydrogens is 188 g/mol. The fourth-order valence-electron chi connectivity index (χ4n) is 1.97. The van der Waals surface area contributed by atoms with Gasteiger partial charge in [0.2, 0.25) is 0 Å². The lowest BCUT2D eigenvalue weighted by Crippen LogP contribution is -2.27. The van der Waals surface area contributed by atoms with Crippen molar-refractivity contribution in [3.05, 3.63) is 0 Å². The first-order valence-corrected chi connectivity index (χ1v) is 5.47. The van der Waals surface area contributed by atoms with Crippen LogP contribution in [0.2, 0.25) is 0 Å². The Kier molecular flexibility index (Phi) is 2.62. The van der Waals surface area contributed by atoms with E-state index in [-0.39, 0.29) is 22.6 Å². The van der Waals surface area contributed by atoms with Gasteiger partial charge in [-0.25, -0.2) is 0 Å². The van der Waals surface area contributed by atoms with Crippen LogP contribution in [0.5, 0.6) is 0 Å². The minimum absolute atomic E-state index is 0.142. The van der Waals surface area contributed by atoms with E-state index in [0.29, 0.717) is 12.5 Å². The lowest BCUT2D eigenvalue weighted by atomic mass is 10.0. The molecule has 2 rings (SSSR count). The molecule has 0 radical (unpaired) electrons. The third kappa shape index (κ3) is 1.75. The van der Waals surface area contributed by atoms with Crippen LogP contribution in [0.25, 0.3) is 0 Å². The molecule has 3 nitrogen and oxygen atoms in total. The van der Waals surface area contributed by atoms with Gasteiger partial charge in [0, 0.05) is 12.8 Å². The Labute approximate surface area is 82.2 Å². The van der Waals surface area contributed by atoms with Crippen molar-refractivity contribution in [3.8, 4) is 0 Å². The number of carbonyl (C=O) groups excluding carboxylic acids is 1. The van der Waals surface area contributed by atoms with Crippen molar-refractivity contribution >= 4 is 16.9 Å². The smallest absolute Gasteiger partial charge is 0.186 e. The monoisotopic (exact) mass is 202 g/mol. The van der Waals surface area contributed by atoms with E-state index in [4.69, 9.17) is 9.47 Å². The number of fused-ring (bicyclic) bond motifs is 1. The van der Waals surface area contributed by atoms with Crippen LogP contribution in [0.15, 0.2) is 0 Å². The predicted molar refractivity (Wildman–Crippen MR) is 50.7 cm³/mol. The van der Waals surface area contributed by atoms with Crippen LogP contribution < -0.4 is 0 Å². The van der Waals surface area contributed by atoms with E-state index in [1.54, 1.807) is 6.92 Å². The number of ether oxygens (including phenoxy) is 2. The zero-order valence-electron chi connectivity index (χ0n) is 7.86. The number of thioether (sulfide) groups is 1. The Bertz CT molecular complexity index is 219. The van der Waals surface area contributed by atoms with Crippen LogP contribution in [0.3, 0.4) is 0 Å². The average Bonchev–Trinajstić information content (AvgIpc) is 2.56. The van der Waals surface area contributed by atoms with Crippen LogP contribution in [0.1, 0.15) is 13.8 Å². The average molecular weight is 202 g/mol. The van der Waals surface area contributed by atoms with Gasteiger partial charge in [-0.2, -0.15) is 0 Å². The topological polar surface area (TPSA) is 35.5 Å². The van der Waals surface area contributed by atoms with Gasteiger partial charge < -0.3 is 9.47 Å². The van der Waals surface area contributed by atoms with Crippen molar-refractivity contribution in [2.24, 2.45) is 5.92 Å². The third-order valence-electron chi connectivity index (χ3n) is 2.57. The zero-order chi connectivity index (χ0) is 9.42. The number of rotatable bonds is 1. The Morgan fingerprint density at radius 1 is 1.31 bits per heavy atom. The highest BCUT2D eigenvalue weighted by atomic mass is 32.2. The van der Waals surface area contributed by atoms with Gasteiger partial charge in [0.05, 0.1) is 30.7 Å².